The molecule has 4 rings (SSSR count). The molecule has 26 heavy (non-hydrogen) atoms. The zero-order valence-electron chi connectivity index (χ0n) is 14.6. The van der Waals surface area contributed by atoms with Crippen molar-refractivity contribution in [3.63, 3.8) is 0 Å². The van der Waals surface area contributed by atoms with E-state index in [0.29, 0.717) is 17.9 Å². The number of amides is 2. The summed E-state index contributed by atoms with van der Waals surface area (Å²) in [6, 6.07) is 14.1. The Hall–Kier alpha value is -3.15. The predicted octanol–water partition coefficient (Wildman–Crippen LogP) is 2.54. The SMILES string of the molecule is CN(C)c1ccc(C2(C(=O)ON3C(=O)c4ccccc4C3=O)CC2)cc1. The highest BCUT2D eigenvalue weighted by molar-refractivity contribution is 6.21. The van der Waals surface area contributed by atoms with Crippen molar-refractivity contribution in [2.45, 2.75) is 18.3 Å². The Kier molecular flexibility index (Phi) is 3.57. The van der Waals surface area contributed by atoms with E-state index in [1.165, 1.54) is 0 Å². The summed E-state index contributed by atoms with van der Waals surface area (Å²) in [7, 11) is 3.89. The molecule has 0 bridgehead atoms. The number of carbonyl (C=O) groups is 3. The fraction of sp³-hybridized carbons (Fsp3) is 0.250. The van der Waals surface area contributed by atoms with Crippen LogP contribution in [-0.2, 0) is 15.0 Å². The van der Waals surface area contributed by atoms with Gasteiger partial charge in [0.25, 0.3) is 11.8 Å². The lowest BCUT2D eigenvalue weighted by atomic mass is 9.96. The molecule has 2 amide bonds. The van der Waals surface area contributed by atoms with Crippen LogP contribution in [0.15, 0.2) is 48.5 Å². The molecule has 1 heterocycles. The molecule has 0 aromatic heterocycles. The van der Waals surface area contributed by atoms with E-state index in [1.54, 1.807) is 24.3 Å². The molecule has 0 radical (unpaired) electrons. The fourth-order valence-corrected chi connectivity index (χ4v) is 3.23. The monoisotopic (exact) mass is 350 g/mol. The van der Waals surface area contributed by atoms with E-state index >= 15 is 0 Å². The van der Waals surface area contributed by atoms with E-state index in [4.69, 9.17) is 4.84 Å². The van der Waals surface area contributed by atoms with Crippen LogP contribution in [0, 0.1) is 0 Å². The van der Waals surface area contributed by atoms with Gasteiger partial charge in [-0.25, -0.2) is 4.79 Å². The first-order chi connectivity index (χ1) is 12.4. The summed E-state index contributed by atoms with van der Waals surface area (Å²) >= 11 is 0. The van der Waals surface area contributed by atoms with Crippen molar-refractivity contribution < 1.29 is 19.2 Å². The van der Waals surface area contributed by atoms with Crippen molar-refractivity contribution in [1.29, 1.82) is 0 Å². The third-order valence-corrected chi connectivity index (χ3v) is 5.01. The Bertz CT molecular complexity index is 879. The summed E-state index contributed by atoms with van der Waals surface area (Å²) in [5.41, 5.74) is 1.60. The van der Waals surface area contributed by atoms with Crippen LogP contribution in [0.1, 0.15) is 39.1 Å². The lowest BCUT2D eigenvalue weighted by molar-refractivity contribution is -0.171. The largest absolute Gasteiger partial charge is 0.378 e. The molecule has 2 aromatic carbocycles. The number of hydrogen-bond donors (Lipinski definition) is 0. The molecule has 6 heteroatoms. The maximum absolute atomic E-state index is 12.8. The van der Waals surface area contributed by atoms with Gasteiger partial charge >= 0.3 is 5.97 Å². The van der Waals surface area contributed by atoms with Crippen molar-refractivity contribution in [3.8, 4) is 0 Å². The molecule has 1 aliphatic heterocycles. The first-order valence-electron chi connectivity index (χ1n) is 8.42. The number of imide groups is 1. The van der Waals surface area contributed by atoms with Crippen LogP contribution in [-0.4, -0.2) is 36.9 Å². The van der Waals surface area contributed by atoms with Gasteiger partial charge in [0.1, 0.15) is 0 Å². The first-order valence-corrected chi connectivity index (χ1v) is 8.42. The summed E-state index contributed by atoms with van der Waals surface area (Å²) < 4.78 is 0. The molecule has 1 fully saturated rings. The topological polar surface area (TPSA) is 66.9 Å². The number of benzene rings is 2. The standard InChI is InChI=1S/C20H18N2O4/c1-21(2)14-9-7-13(8-10-14)20(11-12-20)19(25)26-22-17(23)15-5-3-4-6-16(15)18(22)24/h3-10H,11-12H2,1-2H3. The van der Waals surface area contributed by atoms with Crippen molar-refractivity contribution in [2.24, 2.45) is 0 Å². The lowest BCUT2D eigenvalue weighted by Crippen LogP contribution is -2.37. The van der Waals surface area contributed by atoms with Gasteiger partial charge in [0.05, 0.1) is 16.5 Å². The molecule has 1 saturated carbocycles. The van der Waals surface area contributed by atoms with Gasteiger partial charge in [-0.2, -0.15) is 0 Å². The third kappa shape index (κ3) is 2.37. The highest BCUT2D eigenvalue weighted by atomic mass is 16.7. The Morgan fingerprint density at radius 1 is 0.962 bits per heavy atom. The minimum atomic E-state index is -0.778. The van der Waals surface area contributed by atoms with E-state index < -0.39 is 23.2 Å². The van der Waals surface area contributed by atoms with Crippen LogP contribution in [0.4, 0.5) is 5.69 Å². The fourth-order valence-electron chi connectivity index (χ4n) is 3.23. The van der Waals surface area contributed by atoms with Crippen molar-refractivity contribution >= 4 is 23.5 Å². The van der Waals surface area contributed by atoms with Crippen LogP contribution in [0.5, 0.6) is 0 Å². The molecular formula is C20H18N2O4. The second kappa shape index (κ2) is 5.69. The summed E-state index contributed by atoms with van der Waals surface area (Å²) in [5.74, 6) is -1.76. The summed E-state index contributed by atoms with van der Waals surface area (Å²) in [6.07, 6.45) is 1.27. The van der Waals surface area contributed by atoms with Crippen LogP contribution in [0.2, 0.25) is 0 Å². The van der Waals surface area contributed by atoms with Gasteiger partial charge in [0.2, 0.25) is 0 Å². The quantitative estimate of drug-likeness (QED) is 0.793. The Labute approximate surface area is 150 Å². The van der Waals surface area contributed by atoms with E-state index in [9.17, 15) is 14.4 Å². The Balaban J connectivity index is 1.55. The zero-order chi connectivity index (χ0) is 18.5. The molecule has 0 N–H and O–H groups in total. The summed E-state index contributed by atoms with van der Waals surface area (Å²) in [6.45, 7) is 0. The van der Waals surface area contributed by atoms with Gasteiger partial charge in [-0.1, -0.05) is 29.3 Å². The van der Waals surface area contributed by atoms with E-state index in [2.05, 4.69) is 0 Å². The second-order valence-electron chi connectivity index (χ2n) is 6.85. The average molecular weight is 350 g/mol. The van der Waals surface area contributed by atoms with Crippen molar-refractivity contribution in [2.75, 3.05) is 19.0 Å². The minimum Gasteiger partial charge on any atom is -0.378 e. The molecule has 1 aliphatic carbocycles. The van der Waals surface area contributed by atoms with Gasteiger partial charge in [-0.05, 0) is 42.7 Å². The van der Waals surface area contributed by atoms with Crippen molar-refractivity contribution in [1.82, 2.24) is 5.06 Å². The van der Waals surface area contributed by atoms with Gasteiger partial charge in [0.15, 0.2) is 0 Å². The smallest absolute Gasteiger partial charge is 0.343 e. The van der Waals surface area contributed by atoms with Crippen LogP contribution < -0.4 is 4.90 Å². The Morgan fingerprint density at radius 2 is 1.50 bits per heavy atom. The van der Waals surface area contributed by atoms with Gasteiger partial charge < -0.3 is 9.74 Å². The normalized spacial score (nSPS) is 17.1. The van der Waals surface area contributed by atoms with E-state index in [-0.39, 0.29) is 11.1 Å². The molecule has 0 atom stereocenters. The van der Waals surface area contributed by atoms with Crippen molar-refractivity contribution in [3.05, 3.63) is 65.2 Å². The number of carbonyl (C=O) groups excluding carboxylic acids is 3. The highest BCUT2D eigenvalue weighted by Gasteiger charge is 2.55. The summed E-state index contributed by atoms with van der Waals surface area (Å²) in [4.78, 5) is 44.7. The number of hydroxylamine groups is 2. The van der Waals surface area contributed by atoms with Gasteiger partial charge in [0, 0.05) is 19.8 Å². The minimum absolute atomic E-state index is 0.255. The number of anilines is 1. The predicted molar refractivity (Wildman–Crippen MR) is 94.7 cm³/mol. The van der Waals surface area contributed by atoms with E-state index in [1.807, 2.05) is 43.3 Å². The maximum Gasteiger partial charge on any atom is 0.343 e. The molecule has 132 valence electrons. The third-order valence-electron chi connectivity index (χ3n) is 5.01. The van der Waals surface area contributed by atoms with Crippen LogP contribution in [0.25, 0.3) is 0 Å². The molecule has 0 unspecified atom stereocenters. The molecule has 0 saturated heterocycles. The van der Waals surface area contributed by atoms with Gasteiger partial charge in [-0.3, -0.25) is 9.59 Å². The first kappa shape index (κ1) is 16.3. The lowest BCUT2D eigenvalue weighted by Gasteiger charge is -2.19. The zero-order valence-corrected chi connectivity index (χ0v) is 14.6. The molecule has 6 nitrogen and oxygen atoms in total. The Morgan fingerprint density at radius 3 is 1.96 bits per heavy atom. The average Bonchev–Trinajstić information content (AvgIpc) is 3.43. The molecule has 0 spiro atoms. The maximum atomic E-state index is 12.8. The van der Waals surface area contributed by atoms with E-state index in [0.717, 1.165) is 11.3 Å². The van der Waals surface area contributed by atoms with Crippen LogP contribution >= 0.6 is 0 Å². The number of rotatable bonds is 4. The number of fused-ring (bicyclic) bond motifs is 1. The molecule has 2 aliphatic rings. The van der Waals surface area contributed by atoms with Crippen LogP contribution in [0.3, 0.4) is 0 Å². The molecule has 2 aromatic rings. The number of nitrogens with zero attached hydrogens (tertiary/aromatic N) is 2. The molecular weight excluding hydrogens is 332 g/mol. The number of hydrogen-bond acceptors (Lipinski definition) is 5. The second-order valence-corrected chi connectivity index (χ2v) is 6.85. The van der Waals surface area contributed by atoms with Gasteiger partial charge in [-0.15, -0.1) is 0 Å². The summed E-state index contributed by atoms with van der Waals surface area (Å²) in [5, 5.41) is 0.585. The highest BCUT2D eigenvalue weighted by Crippen LogP contribution is 2.49.